The predicted octanol–water partition coefficient (Wildman–Crippen LogP) is 5.36. The van der Waals surface area contributed by atoms with Crippen LogP contribution in [-0.2, 0) is 4.79 Å². The van der Waals surface area contributed by atoms with Gasteiger partial charge in [-0.1, -0.05) is 46.8 Å². The molecule has 0 radical (unpaired) electrons. The minimum atomic E-state index is -0.297. The maximum Gasteiger partial charge on any atom is 0.167 e. The first-order valence-corrected chi connectivity index (χ1v) is 7.75. The van der Waals surface area contributed by atoms with E-state index < -0.39 is 0 Å². The third kappa shape index (κ3) is 3.01. The lowest BCUT2D eigenvalue weighted by atomic mass is 9.67. The minimum absolute atomic E-state index is 0.185. The Morgan fingerprint density at radius 1 is 1.18 bits per heavy atom. The van der Waals surface area contributed by atoms with Crippen LogP contribution in [0.1, 0.15) is 46.1 Å². The normalized spacial score (nSPS) is 19.7. The summed E-state index contributed by atoms with van der Waals surface area (Å²) >= 11 is 0. The van der Waals surface area contributed by atoms with E-state index in [0.717, 1.165) is 22.7 Å². The van der Waals surface area contributed by atoms with E-state index in [4.69, 9.17) is 4.42 Å². The first-order valence-electron chi connectivity index (χ1n) is 7.75. The summed E-state index contributed by atoms with van der Waals surface area (Å²) in [7, 11) is 0. The van der Waals surface area contributed by atoms with Crippen LogP contribution in [0.15, 0.2) is 46.9 Å². The molecule has 2 heteroatoms. The van der Waals surface area contributed by atoms with Crippen LogP contribution >= 0.6 is 0 Å². The maximum absolute atomic E-state index is 13.0. The van der Waals surface area contributed by atoms with Crippen molar-refractivity contribution in [1.82, 2.24) is 0 Å². The van der Waals surface area contributed by atoms with Gasteiger partial charge in [0.2, 0.25) is 0 Å². The van der Waals surface area contributed by atoms with Gasteiger partial charge in [0, 0.05) is 17.1 Å². The number of aryl methyl sites for hydroxylation is 1. The van der Waals surface area contributed by atoms with Crippen LogP contribution in [0.25, 0.3) is 5.57 Å². The first kappa shape index (κ1) is 16.5. The second-order valence-corrected chi connectivity index (χ2v) is 7.71. The van der Waals surface area contributed by atoms with E-state index in [1.807, 2.05) is 37.3 Å². The molecule has 2 nitrogen and oxygen atoms in total. The molecule has 1 heterocycles. The molecule has 22 heavy (non-hydrogen) atoms. The number of Topliss-reactive ketones (excluding diaryl/α,β-unsaturated/α-hetero) is 1. The van der Waals surface area contributed by atoms with E-state index in [1.165, 1.54) is 0 Å². The van der Waals surface area contributed by atoms with Crippen molar-refractivity contribution in [2.75, 3.05) is 0 Å². The van der Waals surface area contributed by atoms with E-state index in [0.29, 0.717) is 0 Å². The van der Waals surface area contributed by atoms with Gasteiger partial charge in [-0.2, -0.15) is 0 Å². The lowest BCUT2D eigenvalue weighted by molar-refractivity contribution is -0.120. The fourth-order valence-electron chi connectivity index (χ4n) is 2.71. The molecule has 0 aliphatic heterocycles. The molecular formula is C20H26O2. The van der Waals surface area contributed by atoms with Crippen LogP contribution in [0, 0.1) is 23.7 Å². The Balaban J connectivity index is 2.59. The highest BCUT2D eigenvalue weighted by atomic mass is 16.3. The summed E-state index contributed by atoms with van der Waals surface area (Å²) in [4.78, 5) is 13.0. The highest BCUT2D eigenvalue weighted by Crippen LogP contribution is 2.42. The molecule has 2 rings (SSSR count). The van der Waals surface area contributed by atoms with Gasteiger partial charge in [0.25, 0.3) is 0 Å². The molecule has 1 aromatic rings. The number of ketones is 1. The average Bonchev–Trinajstić information content (AvgIpc) is 2.84. The zero-order chi connectivity index (χ0) is 16.7. The Bertz CT molecular complexity index is 660. The third-order valence-corrected chi connectivity index (χ3v) is 4.35. The zero-order valence-electron chi connectivity index (χ0n) is 14.5. The summed E-state index contributed by atoms with van der Waals surface area (Å²) in [5, 5.41) is 0. The number of allylic oxidation sites excluding steroid dienone is 5. The monoisotopic (exact) mass is 298 g/mol. The van der Waals surface area contributed by atoms with Gasteiger partial charge >= 0.3 is 0 Å². The van der Waals surface area contributed by atoms with Crippen molar-refractivity contribution in [3.63, 3.8) is 0 Å². The number of hydrogen-bond donors (Lipinski definition) is 0. The van der Waals surface area contributed by atoms with Crippen molar-refractivity contribution in [2.24, 2.45) is 16.7 Å². The Morgan fingerprint density at radius 2 is 1.82 bits per heavy atom. The molecule has 0 aromatic carbocycles. The van der Waals surface area contributed by atoms with Crippen molar-refractivity contribution in [3.05, 3.63) is 54.0 Å². The molecule has 0 amide bonds. The molecule has 118 valence electrons. The number of carbonyl (C=O) groups is 1. The number of rotatable bonds is 3. The van der Waals surface area contributed by atoms with Gasteiger partial charge in [-0.15, -0.1) is 6.58 Å². The third-order valence-electron chi connectivity index (χ3n) is 4.35. The van der Waals surface area contributed by atoms with Crippen LogP contribution in [0.5, 0.6) is 0 Å². The summed E-state index contributed by atoms with van der Waals surface area (Å²) < 4.78 is 5.76. The summed E-state index contributed by atoms with van der Waals surface area (Å²) in [6.07, 6.45) is 5.87. The van der Waals surface area contributed by atoms with Crippen LogP contribution in [-0.4, -0.2) is 5.78 Å². The fraction of sp³-hybridized carbons (Fsp3) is 0.450. The summed E-state index contributed by atoms with van der Waals surface area (Å²) in [5.41, 5.74) is 1.33. The molecule has 1 atom stereocenters. The molecule has 1 aromatic heterocycles. The van der Waals surface area contributed by atoms with Gasteiger partial charge < -0.3 is 4.42 Å². The quantitative estimate of drug-likeness (QED) is 0.704. The standard InChI is InChI=1S/C20H26O2/c1-8-20(6,7)16-12-14(17-10-9-13(2)22-17)11-15(18(16)21)19(3,4)5/h8-12,16H,1H2,2-7H3. The Labute approximate surface area is 133 Å². The van der Waals surface area contributed by atoms with Gasteiger partial charge in [-0.25, -0.2) is 0 Å². The van der Waals surface area contributed by atoms with Crippen molar-refractivity contribution in [3.8, 4) is 0 Å². The number of hydrogen-bond acceptors (Lipinski definition) is 2. The Kier molecular flexibility index (Phi) is 4.08. The van der Waals surface area contributed by atoms with Gasteiger partial charge in [-0.05, 0) is 36.0 Å². The van der Waals surface area contributed by atoms with Crippen molar-refractivity contribution >= 4 is 11.4 Å². The lowest BCUT2D eigenvalue weighted by Gasteiger charge is -2.35. The topological polar surface area (TPSA) is 30.2 Å². The number of carbonyl (C=O) groups excluding carboxylic acids is 1. The SMILES string of the molecule is C=CC(C)(C)C1C=C(c2ccc(C)o2)C=C(C(C)(C)C)C1=O. The van der Waals surface area contributed by atoms with E-state index in [-0.39, 0.29) is 22.5 Å². The average molecular weight is 298 g/mol. The minimum Gasteiger partial charge on any atom is -0.461 e. The van der Waals surface area contributed by atoms with Crippen molar-refractivity contribution in [2.45, 2.75) is 41.5 Å². The van der Waals surface area contributed by atoms with E-state index >= 15 is 0 Å². The summed E-state index contributed by atoms with van der Waals surface area (Å²) in [6.45, 7) is 16.2. The van der Waals surface area contributed by atoms with E-state index in [9.17, 15) is 4.79 Å². The zero-order valence-corrected chi connectivity index (χ0v) is 14.5. The van der Waals surface area contributed by atoms with E-state index in [2.05, 4.69) is 41.2 Å². The van der Waals surface area contributed by atoms with Crippen LogP contribution in [0.3, 0.4) is 0 Å². The Morgan fingerprint density at radius 3 is 2.27 bits per heavy atom. The molecule has 0 bridgehead atoms. The largest absolute Gasteiger partial charge is 0.461 e. The van der Waals surface area contributed by atoms with Crippen LogP contribution < -0.4 is 0 Å². The van der Waals surface area contributed by atoms with E-state index in [1.54, 1.807) is 0 Å². The molecule has 0 spiro atoms. The van der Waals surface area contributed by atoms with Gasteiger partial charge in [0.1, 0.15) is 11.5 Å². The molecule has 0 saturated heterocycles. The summed E-state index contributed by atoms with van der Waals surface area (Å²) in [6, 6.07) is 3.91. The fourth-order valence-corrected chi connectivity index (χ4v) is 2.71. The molecule has 1 aliphatic carbocycles. The smallest absolute Gasteiger partial charge is 0.167 e. The second kappa shape index (κ2) is 5.42. The molecule has 0 fully saturated rings. The highest BCUT2D eigenvalue weighted by Gasteiger charge is 2.39. The van der Waals surface area contributed by atoms with Crippen molar-refractivity contribution in [1.29, 1.82) is 0 Å². The van der Waals surface area contributed by atoms with Gasteiger partial charge in [0.15, 0.2) is 5.78 Å². The summed E-state index contributed by atoms with van der Waals surface area (Å²) in [5.74, 6) is 1.66. The van der Waals surface area contributed by atoms with Gasteiger partial charge in [0.05, 0.1) is 0 Å². The van der Waals surface area contributed by atoms with Crippen LogP contribution in [0.4, 0.5) is 0 Å². The lowest BCUT2D eigenvalue weighted by Crippen LogP contribution is -2.34. The molecule has 0 saturated carbocycles. The first-order chi connectivity index (χ1) is 10.1. The Hall–Kier alpha value is -1.83. The van der Waals surface area contributed by atoms with Crippen LogP contribution in [0.2, 0.25) is 0 Å². The molecule has 1 unspecified atom stereocenters. The van der Waals surface area contributed by atoms with Crippen molar-refractivity contribution < 1.29 is 9.21 Å². The molecule has 0 N–H and O–H groups in total. The molecular weight excluding hydrogens is 272 g/mol. The highest BCUT2D eigenvalue weighted by molar-refractivity contribution is 6.05. The second-order valence-electron chi connectivity index (χ2n) is 7.71. The predicted molar refractivity (Wildman–Crippen MR) is 91.4 cm³/mol. The maximum atomic E-state index is 13.0. The number of furan rings is 1. The molecule has 1 aliphatic rings. The van der Waals surface area contributed by atoms with Gasteiger partial charge in [-0.3, -0.25) is 4.79 Å².